The Hall–Kier alpha value is -1.61. The van der Waals surface area contributed by atoms with Crippen LogP contribution in [0.2, 0.25) is 0 Å². The molecule has 39 heavy (non-hydrogen) atoms. The molecule has 0 spiro atoms. The fourth-order valence-electron chi connectivity index (χ4n) is 10.7. The second-order valence-corrected chi connectivity index (χ2v) is 15.5. The first-order valence-electron chi connectivity index (χ1n) is 16.1. The minimum Gasteiger partial charge on any atom is -0.458 e. The molecule has 0 aromatic heterocycles. The molecular weight excluding hydrogens is 480 g/mol. The van der Waals surface area contributed by atoms with Crippen molar-refractivity contribution >= 4 is 5.97 Å². The van der Waals surface area contributed by atoms with Gasteiger partial charge in [-0.25, -0.2) is 4.79 Å². The Morgan fingerprint density at radius 2 is 1.74 bits per heavy atom. The molecule has 5 aliphatic rings. The van der Waals surface area contributed by atoms with E-state index in [4.69, 9.17) is 9.47 Å². The van der Waals surface area contributed by atoms with Gasteiger partial charge >= 0.3 is 5.97 Å². The largest absolute Gasteiger partial charge is 0.458 e. The van der Waals surface area contributed by atoms with Crippen molar-refractivity contribution in [2.24, 2.45) is 51.8 Å². The number of hydrogen-bond donors (Lipinski definition) is 0. The number of hydrogen-bond acceptors (Lipinski definition) is 3. The van der Waals surface area contributed by atoms with Crippen molar-refractivity contribution in [1.82, 2.24) is 0 Å². The van der Waals surface area contributed by atoms with E-state index in [9.17, 15) is 4.79 Å². The predicted molar refractivity (Wildman–Crippen MR) is 157 cm³/mol. The molecule has 3 nitrogen and oxygen atoms in total. The summed E-state index contributed by atoms with van der Waals surface area (Å²) < 4.78 is 12.8. The average molecular weight is 533 g/mol. The van der Waals surface area contributed by atoms with Gasteiger partial charge in [0.15, 0.2) is 0 Å². The van der Waals surface area contributed by atoms with Crippen LogP contribution in [-0.2, 0) is 9.47 Å². The van der Waals surface area contributed by atoms with E-state index in [0.717, 1.165) is 36.5 Å². The highest BCUT2D eigenvalue weighted by Crippen LogP contribution is 2.72. The maximum Gasteiger partial charge on any atom is 0.338 e. The Labute approximate surface area is 237 Å². The second kappa shape index (κ2) is 9.74. The molecule has 1 unspecified atom stereocenters. The van der Waals surface area contributed by atoms with Gasteiger partial charge in [0.2, 0.25) is 0 Å². The molecule has 4 aliphatic carbocycles. The van der Waals surface area contributed by atoms with Crippen LogP contribution in [0.3, 0.4) is 0 Å². The molecule has 3 heteroatoms. The smallest absolute Gasteiger partial charge is 0.338 e. The third-order valence-corrected chi connectivity index (χ3v) is 12.5. The fraction of sp³-hybridized carbons (Fsp3) is 0.750. The molecule has 0 radical (unpaired) electrons. The molecule has 6 rings (SSSR count). The molecule has 3 saturated carbocycles. The first-order chi connectivity index (χ1) is 18.5. The quantitative estimate of drug-likeness (QED) is 0.200. The summed E-state index contributed by atoms with van der Waals surface area (Å²) in [6.07, 6.45) is 13.5. The molecule has 1 saturated heterocycles. The Kier molecular flexibility index (Phi) is 6.88. The van der Waals surface area contributed by atoms with Gasteiger partial charge in [0, 0.05) is 5.41 Å². The van der Waals surface area contributed by atoms with E-state index in [1.807, 2.05) is 30.3 Å². The summed E-state index contributed by atoms with van der Waals surface area (Å²) in [5.74, 6) is 4.23. The highest BCUT2D eigenvalue weighted by atomic mass is 16.6. The Bertz CT molecular complexity index is 1100. The van der Waals surface area contributed by atoms with Crippen LogP contribution in [0.25, 0.3) is 0 Å². The molecule has 0 bridgehead atoms. The van der Waals surface area contributed by atoms with Gasteiger partial charge in [-0.3, -0.25) is 0 Å². The fourth-order valence-corrected chi connectivity index (χ4v) is 10.7. The van der Waals surface area contributed by atoms with E-state index in [2.05, 4.69) is 54.5 Å². The number of carbonyl (C=O) groups is 1. The van der Waals surface area contributed by atoms with Gasteiger partial charge < -0.3 is 9.47 Å². The second-order valence-electron chi connectivity index (χ2n) is 15.5. The van der Waals surface area contributed by atoms with Crippen LogP contribution in [0, 0.1) is 51.8 Å². The molecule has 0 N–H and O–H groups in total. The Morgan fingerprint density at radius 3 is 2.46 bits per heavy atom. The summed E-state index contributed by atoms with van der Waals surface area (Å²) in [6, 6.07) is 9.49. The van der Waals surface area contributed by atoms with Gasteiger partial charge in [0.1, 0.15) is 6.10 Å². The molecule has 214 valence electrons. The monoisotopic (exact) mass is 532 g/mol. The van der Waals surface area contributed by atoms with E-state index in [-0.39, 0.29) is 22.9 Å². The molecule has 4 fully saturated rings. The van der Waals surface area contributed by atoms with Crippen molar-refractivity contribution in [2.45, 2.75) is 118 Å². The molecule has 0 amide bonds. The van der Waals surface area contributed by atoms with E-state index in [1.165, 1.54) is 38.5 Å². The number of allylic oxidation sites excluding steroid dienone is 1. The highest BCUT2D eigenvalue weighted by Gasteiger charge is 2.72. The van der Waals surface area contributed by atoms with Crippen LogP contribution in [0.4, 0.5) is 0 Å². The summed E-state index contributed by atoms with van der Waals surface area (Å²) >= 11 is 0. The first kappa shape index (κ1) is 27.6. The van der Waals surface area contributed by atoms with Crippen LogP contribution < -0.4 is 0 Å². The highest BCUT2D eigenvalue weighted by molar-refractivity contribution is 5.89. The lowest BCUT2D eigenvalue weighted by Crippen LogP contribution is -2.56. The topological polar surface area (TPSA) is 38.8 Å². The Morgan fingerprint density at radius 1 is 1.00 bits per heavy atom. The third kappa shape index (κ3) is 4.36. The van der Waals surface area contributed by atoms with E-state index < -0.39 is 0 Å². The van der Waals surface area contributed by atoms with E-state index >= 15 is 0 Å². The number of esters is 1. The number of epoxide rings is 1. The van der Waals surface area contributed by atoms with Crippen molar-refractivity contribution in [1.29, 1.82) is 0 Å². The van der Waals surface area contributed by atoms with Crippen molar-refractivity contribution in [2.75, 3.05) is 0 Å². The lowest BCUT2D eigenvalue weighted by Gasteiger charge is -2.61. The van der Waals surface area contributed by atoms with Crippen molar-refractivity contribution in [3.05, 3.63) is 47.5 Å². The molecular formula is C36H52O3. The summed E-state index contributed by atoms with van der Waals surface area (Å²) in [7, 11) is 0. The molecule has 1 aliphatic heterocycles. The molecule has 1 heterocycles. The van der Waals surface area contributed by atoms with Gasteiger partial charge in [-0.05, 0) is 90.6 Å². The van der Waals surface area contributed by atoms with Gasteiger partial charge in [-0.15, -0.1) is 0 Å². The summed E-state index contributed by atoms with van der Waals surface area (Å²) in [5.41, 5.74) is 2.67. The lowest BCUT2D eigenvalue weighted by molar-refractivity contribution is -0.106. The number of fused-ring (bicyclic) bond motifs is 7. The third-order valence-electron chi connectivity index (χ3n) is 12.5. The summed E-state index contributed by atoms with van der Waals surface area (Å²) in [6.45, 7) is 17.1. The minimum atomic E-state index is -0.184. The zero-order valence-corrected chi connectivity index (χ0v) is 25.5. The lowest BCUT2D eigenvalue weighted by atomic mass is 9.44. The number of ether oxygens (including phenoxy) is 2. The summed E-state index contributed by atoms with van der Waals surface area (Å²) in [4.78, 5) is 13.0. The van der Waals surface area contributed by atoms with Gasteiger partial charge in [-0.2, -0.15) is 0 Å². The number of rotatable bonds is 7. The van der Waals surface area contributed by atoms with Crippen LogP contribution in [0.15, 0.2) is 42.0 Å². The van der Waals surface area contributed by atoms with Crippen molar-refractivity contribution < 1.29 is 14.3 Å². The average Bonchev–Trinajstić information content (AvgIpc) is 3.59. The normalized spacial score (nSPS) is 42.5. The van der Waals surface area contributed by atoms with Gasteiger partial charge in [0.05, 0.1) is 17.8 Å². The molecule has 10 atom stereocenters. The van der Waals surface area contributed by atoms with Crippen molar-refractivity contribution in [3.63, 3.8) is 0 Å². The van der Waals surface area contributed by atoms with Crippen LogP contribution in [0.1, 0.15) is 110 Å². The Balaban J connectivity index is 1.21. The summed E-state index contributed by atoms with van der Waals surface area (Å²) in [5, 5.41) is 0. The van der Waals surface area contributed by atoms with E-state index in [1.54, 1.807) is 5.57 Å². The minimum absolute atomic E-state index is 0.0753. The zero-order valence-electron chi connectivity index (χ0n) is 25.5. The molecule has 1 aromatic carbocycles. The number of benzene rings is 1. The van der Waals surface area contributed by atoms with E-state index in [0.29, 0.717) is 35.0 Å². The standard InChI is InChI=1S/C36H52O3/c1-22(2)12-11-13-23(3)29-31-32(39-31)30-25-16-17-27-34(4,5)28(38-33(37)24-14-9-8-10-15-24)19-21-35(27,6)26(25)18-20-36(29,30)7/h8-10,14-15,17,22-23,25-26,28-32H,11-13,16,18-21H2,1-7H3/t23-,25-,26+,28+,29+,30-,31-,32?,35-,36-/m1/s1. The SMILES string of the molecule is CC(C)CCC[C@@H](C)[C@H]1[C@H]2OC2[C@H]2[C@@H]3CC=C4C(C)(C)[C@@H](OC(=O)c5ccccc5)CC[C@]4(C)[C@H]3CC[C@]12C. The van der Waals surface area contributed by atoms with Crippen LogP contribution >= 0.6 is 0 Å². The number of carbonyl (C=O) groups excluding carboxylic acids is 1. The maximum atomic E-state index is 13.0. The van der Waals surface area contributed by atoms with Crippen LogP contribution in [0.5, 0.6) is 0 Å². The zero-order chi connectivity index (χ0) is 27.7. The van der Waals surface area contributed by atoms with Crippen LogP contribution in [-0.4, -0.2) is 24.3 Å². The maximum absolute atomic E-state index is 13.0. The predicted octanol–water partition coefficient (Wildman–Crippen LogP) is 8.88. The molecule has 1 aromatic rings. The first-order valence-corrected chi connectivity index (χ1v) is 16.1. The van der Waals surface area contributed by atoms with Gasteiger partial charge in [-0.1, -0.05) is 97.6 Å². The van der Waals surface area contributed by atoms with Crippen molar-refractivity contribution in [3.8, 4) is 0 Å². The van der Waals surface area contributed by atoms with Gasteiger partial charge in [0.25, 0.3) is 0 Å².